The van der Waals surface area contributed by atoms with Crippen molar-refractivity contribution in [3.05, 3.63) is 27.7 Å². The SMILES string of the molecule is CS(=O)(=O)N1CCN(S(=O)(=O)c2ccc(Br)cc2Cl)CC1. The lowest BCUT2D eigenvalue weighted by atomic mass is 10.4. The van der Waals surface area contributed by atoms with E-state index in [-0.39, 0.29) is 36.1 Å². The van der Waals surface area contributed by atoms with E-state index >= 15 is 0 Å². The van der Waals surface area contributed by atoms with Crippen molar-refractivity contribution in [3.8, 4) is 0 Å². The molecular formula is C11H14BrClN2O4S2. The van der Waals surface area contributed by atoms with Gasteiger partial charge < -0.3 is 0 Å². The van der Waals surface area contributed by atoms with E-state index in [0.717, 1.165) is 6.26 Å². The molecule has 0 amide bonds. The van der Waals surface area contributed by atoms with Crippen molar-refractivity contribution in [1.29, 1.82) is 0 Å². The molecule has 0 N–H and O–H groups in total. The first-order valence-electron chi connectivity index (χ1n) is 6.03. The highest BCUT2D eigenvalue weighted by molar-refractivity contribution is 9.10. The van der Waals surface area contributed by atoms with Crippen LogP contribution >= 0.6 is 27.5 Å². The molecule has 0 aromatic heterocycles. The Kier molecular flexibility index (Phi) is 5.01. The van der Waals surface area contributed by atoms with Crippen molar-refractivity contribution >= 4 is 47.6 Å². The molecule has 0 saturated carbocycles. The Morgan fingerprint density at radius 2 is 1.57 bits per heavy atom. The van der Waals surface area contributed by atoms with Gasteiger partial charge in [-0.3, -0.25) is 0 Å². The third-order valence-corrected chi connectivity index (χ3v) is 7.36. The number of rotatable bonds is 3. The molecule has 0 aliphatic carbocycles. The second kappa shape index (κ2) is 6.13. The van der Waals surface area contributed by atoms with Crippen molar-refractivity contribution < 1.29 is 16.8 Å². The monoisotopic (exact) mass is 416 g/mol. The highest BCUT2D eigenvalue weighted by atomic mass is 79.9. The Morgan fingerprint density at radius 3 is 2.05 bits per heavy atom. The summed E-state index contributed by atoms with van der Waals surface area (Å²) in [6.07, 6.45) is 1.11. The van der Waals surface area contributed by atoms with Gasteiger partial charge in [0.05, 0.1) is 11.3 Å². The summed E-state index contributed by atoms with van der Waals surface area (Å²) in [4.78, 5) is 0.0279. The van der Waals surface area contributed by atoms with Gasteiger partial charge in [0.1, 0.15) is 4.90 Å². The van der Waals surface area contributed by atoms with Crippen LogP contribution in [-0.4, -0.2) is 57.9 Å². The molecule has 1 saturated heterocycles. The van der Waals surface area contributed by atoms with Crippen LogP contribution in [0.4, 0.5) is 0 Å². The maximum absolute atomic E-state index is 12.5. The summed E-state index contributed by atoms with van der Waals surface area (Å²) in [5.74, 6) is 0. The molecule has 1 aliphatic rings. The summed E-state index contributed by atoms with van der Waals surface area (Å²) in [6.45, 7) is 0.516. The molecule has 21 heavy (non-hydrogen) atoms. The number of halogens is 2. The predicted molar refractivity (Wildman–Crippen MR) is 84.3 cm³/mol. The number of sulfonamides is 2. The lowest BCUT2D eigenvalue weighted by Gasteiger charge is -2.32. The van der Waals surface area contributed by atoms with Crippen LogP contribution in [-0.2, 0) is 20.0 Å². The topological polar surface area (TPSA) is 74.8 Å². The molecule has 6 nitrogen and oxygen atoms in total. The highest BCUT2D eigenvalue weighted by Gasteiger charge is 2.32. The van der Waals surface area contributed by atoms with E-state index in [1.807, 2.05) is 0 Å². The quantitative estimate of drug-likeness (QED) is 0.744. The van der Waals surface area contributed by atoms with Gasteiger partial charge in [0.2, 0.25) is 20.0 Å². The number of benzene rings is 1. The molecule has 0 unspecified atom stereocenters. The van der Waals surface area contributed by atoms with E-state index < -0.39 is 20.0 Å². The average molecular weight is 418 g/mol. The van der Waals surface area contributed by atoms with Crippen molar-refractivity contribution in [2.24, 2.45) is 0 Å². The van der Waals surface area contributed by atoms with Gasteiger partial charge in [0.25, 0.3) is 0 Å². The smallest absolute Gasteiger partial charge is 0.213 e. The first-order valence-corrected chi connectivity index (χ1v) is 10.5. The van der Waals surface area contributed by atoms with Gasteiger partial charge in [-0.2, -0.15) is 8.61 Å². The van der Waals surface area contributed by atoms with Crippen LogP contribution in [0.25, 0.3) is 0 Å². The van der Waals surface area contributed by atoms with Crippen LogP contribution in [0.1, 0.15) is 0 Å². The standard InChI is InChI=1S/C11H14BrClN2O4S2/c1-20(16,17)14-4-6-15(7-5-14)21(18,19)11-3-2-9(12)8-10(11)13/h2-3,8H,4-7H2,1H3. The average Bonchev–Trinajstić information content (AvgIpc) is 2.37. The Labute approximate surface area is 137 Å². The molecule has 1 aromatic carbocycles. The molecule has 1 heterocycles. The lowest BCUT2D eigenvalue weighted by molar-refractivity contribution is 0.274. The Bertz CT molecular complexity index is 743. The van der Waals surface area contributed by atoms with E-state index in [9.17, 15) is 16.8 Å². The summed E-state index contributed by atoms with van der Waals surface area (Å²) < 4.78 is 51.1. The third-order valence-electron chi connectivity index (χ3n) is 3.18. The fourth-order valence-corrected chi connectivity index (χ4v) is 5.33. The third kappa shape index (κ3) is 3.77. The number of hydrogen-bond acceptors (Lipinski definition) is 4. The van der Waals surface area contributed by atoms with E-state index in [1.165, 1.54) is 20.7 Å². The normalized spacial score (nSPS) is 18.8. The van der Waals surface area contributed by atoms with Crippen molar-refractivity contribution in [3.63, 3.8) is 0 Å². The fraction of sp³-hybridized carbons (Fsp3) is 0.455. The van der Waals surface area contributed by atoms with Crippen LogP contribution in [0.3, 0.4) is 0 Å². The molecule has 1 aromatic rings. The number of piperazine rings is 1. The maximum atomic E-state index is 12.5. The Balaban J connectivity index is 2.23. The minimum absolute atomic E-state index is 0.0279. The summed E-state index contributed by atoms with van der Waals surface area (Å²) in [5, 5.41) is 0.134. The van der Waals surface area contributed by atoms with Gasteiger partial charge in [0.15, 0.2) is 0 Å². The molecular weight excluding hydrogens is 404 g/mol. The minimum atomic E-state index is -3.72. The van der Waals surface area contributed by atoms with Gasteiger partial charge in [-0.15, -0.1) is 0 Å². The summed E-state index contributed by atoms with van der Waals surface area (Å²) >= 11 is 9.21. The summed E-state index contributed by atoms with van der Waals surface area (Å²) in [5.41, 5.74) is 0. The van der Waals surface area contributed by atoms with Crippen molar-refractivity contribution in [2.45, 2.75) is 4.90 Å². The summed E-state index contributed by atoms with van der Waals surface area (Å²) in [7, 11) is -7.01. The molecule has 0 bridgehead atoms. The van der Waals surface area contributed by atoms with Crippen molar-refractivity contribution in [2.75, 3.05) is 32.4 Å². The van der Waals surface area contributed by atoms with E-state index in [4.69, 9.17) is 11.6 Å². The van der Waals surface area contributed by atoms with Crippen LogP contribution < -0.4 is 0 Å². The molecule has 1 aliphatic heterocycles. The Hall–Kier alpha value is -0.190. The zero-order valence-corrected chi connectivity index (χ0v) is 15.1. The lowest BCUT2D eigenvalue weighted by Crippen LogP contribution is -2.50. The zero-order valence-electron chi connectivity index (χ0n) is 11.2. The fourth-order valence-electron chi connectivity index (χ4n) is 2.07. The molecule has 0 atom stereocenters. The van der Waals surface area contributed by atoms with Crippen molar-refractivity contribution in [1.82, 2.24) is 8.61 Å². The van der Waals surface area contributed by atoms with Gasteiger partial charge in [-0.05, 0) is 18.2 Å². The second-order valence-corrected chi connectivity index (χ2v) is 9.85. The van der Waals surface area contributed by atoms with Gasteiger partial charge in [-0.1, -0.05) is 27.5 Å². The minimum Gasteiger partial charge on any atom is -0.213 e. The molecule has 0 spiro atoms. The zero-order chi connectivity index (χ0) is 15.8. The van der Waals surface area contributed by atoms with Crippen LogP contribution in [0, 0.1) is 0 Å². The first kappa shape index (κ1) is 17.2. The van der Waals surface area contributed by atoms with E-state index in [1.54, 1.807) is 6.07 Å². The van der Waals surface area contributed by atoms with Crippen LogP contribution in [0.2, 0.25) is 5.02 Å². The second-order valence-electron chi connectivity index (χ2n) is 4.64. The first-order chi connectivity index (χ1) is 9.62. The van der Waals surface area contributed by atoms with Crippen LogP contribution in [0.15, 0.2) is 27.6 Å². The molecule has 2 rings (SSSR count). The molecule has 1 fully saturated rings. The van der Waals surface area contributed by atoms with Gasteiger partial charge in [0, 0.05) is 30.7 Å². The Morgan fingerprint density at radius 1 is 1.05 bits per heavy atom. The molecule has 10 heteroatoms. The van der Waals surface area contributed by atoms with Gasteiger partial charge >= 0.3 is 0 Å². The number of nitrogens with zero attached hydrogens (tertiary/aromatic N) is 2. The molecule has 0 radical (unpaired) electrons. The predicted octanol–water partition coefficient (Wildman–Crippen LogP) is 1.37. The largest absolute Gasteiger partial charge is 0.244 e. The maximum Gasteiger partial charge on any atom is 0.244 e. The van der Waals surface area contributed by atoms with Crippen LogP contribution in [0.5, 0.6) is 0 Å². The van der Waals surface area contributed by atoms with E-state index in [0.29, 0.717) is 4.47 Å². The van der Waals surface area contributed by atoms with E-state index in [2.05, 4.69) is 15.9 Å². The number of hydrogen-bond donors (Lipinski definition) is 0. The summed E-state index contributed by atoms with van der Waals surface area (Å²) in [6, 6.07) is 4.55. The van der Waals surface area contributed by atoms with Gasteiger partial charge in [-0.25, -0.2) is 16.8 Å². The molecule has 118 valence electrons. The highest BCUT2D eigenvalue weighted by Crippen LogP contribution is 2.28.